The van der Waals surface area contributed by atoms with Gasteiger partial charge in [0.15, 0.2) is 0 Å². The zero-order valence-corrected chi connectivity index (χ0v) is 18.4. The Morgan fingerprint density at radius 3 is 2.38 bits per heavy atom. The summed E-state index contributed by atoms with van der Waals surface area (Å²) in [5.41, 5.74) is 0.747. The number of benzene rings is 1. The number of nitrogens with zero attached hydrogens (tertiary/aromatic N) is 2. The number of aromatic nitrogens is 2. The Balaban J connectivity index is 1.91. The predicted molar refractivity (Wildman–Crippen MR) is 113 cm³/mol. The molecular formula is C21H20Cl2F3N3O3. The van der Waals surface area contributed by atoms with Crippen LogP contribution in [0, 0.1) is 11.8 Å². The molecule has 3 unspecified atom stereocenters. The van der Waals surface area contributed by atoms with E-state index < -0.39 is 29.9 Å². The molecule has 0 bridgehead atoms. The molecule has 2 N–H and O–H groups in total. The van der Waals surface area contributed by atoms with E-state index >= 15 is 0 Å². The number of carboxylic acid groups (broad SMARTS) is 1. The summed E-state index contributed by atoms with van der Waals surface area (Å²) in [6, 6.07) is 4.68. The van der Waals surface area contributed by atoms with Crippen molar-refractivity contribution in [3.63, 3.8) is 0 Å². The Labute approximate surface area is 192 Å². The third-order valence-corrected chi connectivity index (χ3v) is 6.00. The van der Waals surface area contributed by atoms with E-state index in [-0.39, 0.29) is 39.8 Å². The number of hydrogen-bond donors (Lipinski definition) is 2. The summed E-state index contributed by atoms with van der Waals surface area (Å²) in [5, 5.41) is 11.9. The smallest absolute Gasteiger partial charge is 0.392 e. The summed E-state index contributed by atoms with van der Waals surface area (Å²) in [4.78, 5) is 31.8. The van der Waals surface area contributed by atoms with Gasteiger partial charge in [-0.1, -0.05) is 36.2 Å². The number of carbonyl (C=O) groups excluding carboxylic acids is 1. The molecule has 1 aromatic carbocycles. The molecule has 0 saturated heterocycles. The zero-order valence-electron chi connectivity index (χ0n) is 16.9. The molecule has 1 aromatic heterocycles. The third kappa shape index (κ3) is 5.89. The number of hydrogen-bond acceptors (Lipinski definition) is 4. The van der Waals surface area contributed by atoms with Gasteiger partial charge in [0.05, 0.1) is 28.1 Å². The summed E-state index contributed by atoms with van der Waals surface area (Å²) < 4.78 is 40.5. The Kier molecular flexibility index (Phi) is 7.29. The average molecular weight is 490 g/mol. The molecule has 32 heavy (non-hydrogen) atoms. The molecular weight excluding hydrogens is 470 g/mol. The predicted octanol–water partition coefficient (Wildman–Crippen LogP) is 5.67. The van der Waals surface area contributed by atoms with Gasteiger partial charge in [-0.25, -0.2) is 9.97 Å². The van der Waals surface area contributed by atoms with Crippen LogP contribution in [0.2, 0.25) is 10.0 Å². The first-order chi connectivity index (χ1) is 15.0. The molecule has 1 aliphatic rings. The number of nitrogens with one attached hydrogen (secondary N) is 1. The Morgan fingerprint density at radius 2 is 1.84 bits per heavy atom. The van der Waals surface area contributed by atoms with E-state index in [9.17, 15) is 27.9 Å². The second-order valence-corrected chi connectivity index (χ2v) is 8.68. The number of carbonyl (C=O) groups is 2. The maximum absolute atomic E-state index is 13.5. The van der Waals surface area contributed by atoms with Gasteiger partial charge in [-0.15, -0.1) is 0 Å². The Bertz CT molecular complexity index is 998. The third-order valence-electron chi connectivity index (χ3n) is 5.48. The van der Waals surface area contributed by atoms with Gasteiger partial charge in [-0.05, 0) is 42.4 Å². The highest BCUT2D eigenvalue weighted by molar-refractivity contribution is 6.33. The fourth-order valence-corrected chi connectivity index (χ4v) is 3.83. The monoisotopic (exact) mass is 489 g/mol. The highest BCUT2D eigenvalue weighted by Gasteiger charge is 2.46. The van der Waals surface area contributed by atoms with Crippen LogP contribution < -0.4 is 5.32 Å². The van der Waals surface area contributed by atoms with Gasteiger partial charge >= 0.3 is 12.1 Å². The lowest BCUT2D eigenvalue weighted by atomic mass is 9.90. The van der Waals surface area contributed by atoms with E-state index in [1.165, 1.54) is 12.1 Å². The van der Waals surface area contributed by atoms with E-state index in [0.717, 1.165) is 32.2 Å². The normalized spacial score (nSPS) is 16.8. The fraction of sp³-hybridized carbons (Fsp3) is 0.429. The van der Waals surface area contributed by atoms with Crippen molar-refractivity contribution in [3.05, 3.63) is 52.0 Å². The number of halogens is 5. The van der Waals surface area contributed by atoms with Crippen molar-refractivity contribution in [1.82, 2.24) is 9.97 Å². The van der Waals surface area contributed by atoms with Crippen LogP contribution in [0.3, 0.4) is 0 Å². The van der Waals surface area contributed by atoms with Crippen LogP contribution in [0.25, 0.3) is 0 Å². The van der Waals surface area contributed by atoms with Gasteiger partial charge in [-0.2, -0.15) is 13.2 Å². The second-order valence-electron chi connectivity index (χ2n) is 7.84. The molecule has 0 radical (unpaired) electrons. The minimum Gasteiger partial charge on any atom is -0.481 e. The molecule has 1 amide bonds. The maximum atomic E-state index is 13.5. The van der Waals surface area contributed by atoms with Crippen LogP contribution in [0.1, 0.15) is 49.4 Å². The van der Waals surface area contributed by atoms with Crippen molar-refractivity contribution < 1.29 is 27.9 Å². The topological polar surface area (TPSA) is 92.2 Å². The highest BCUT2D eigenvalue weighted by Crippen LogP contribution is 2.45. The van der Waals surface area contributed by atoms with Crippen molar-refractivity contribution in [2.24, 2.45) is 11.8 Å². The molecule has 0 aliphatic heterocycles. The van der Waals surface area contributed by atoms with Gasteiger partial charge in [0.2, 0.25) is 5.91 Å². The van der Waals surface area contributed by atoms with Crippen molar-refractivity contribution in [3.8, 4) is 0 Å². The first-order valence-corrected chi connectivity index (χ1v) is 10.6. The first-order valence-electron chi connectivity index (χ1n) is 9.83. The van der Waals surface area contributed by atoms with E-state index in [2.05, 4.69) is 15.3 Å². The first kappa shape index (κ1) is 24.3. The van der Waals surface area contributed by atoms with Crippen LogP contribution in [0.5, 0.6) is 0 Å². The van der Waals surface area contributed by atoms with Gasteiger partial charge in [0.25, 0.3) is 0 Å². The SMILES string of the molecule is CC(C(C(=O)Nc1cc(C(CC(=O)O)C2CC2)ccc1Cl)c1ncc(Cl)cn1)C(F)(F)F. The van der Waals surface area contributed by atoms with Gasteiger partial charge in [0.1, 0.15) is 11.7 Å². The minimum atomic E-state index is -4.69. The van der Waals surface area contributed by atoms with Crippen molar-refractivity contribution in [2.75, 3.05) is 5.32 Å². The second kappa shape index (κ2) is 9.62. The zero-order chi connectivity index (χ0) is 23.6. The fourth-order valence-electron chi connectivity index (χ4n) is 3.56. The van der Waals surface area contributed by atoms with E-state index in [1.807, 2.05) is 0 Å². The van der Waals surface area contributed by atoms with E-state index in [0.29, 0.717) is 5.56 Å². The highest BCUT2D eigenvalue weighted by atomic mass is 35.5. The summed E-state index contributed by atoms with van der Waals surface area (Å²) in [7, 11) is 0. The molecule has 6 nitrogen and oxygen atoms in total. The number of rotatable bonds is 8. The quantitative estimate of drug-likeness (QED) is 0.498. The summed E-state index contributed by atoms with van der Waals surface area (Å²) in [6.07, 6.45) is -0.760. The van der Waals surface area contributed by atoms with Crippen molar-refractivity contribution in [1.29, 1.82) is 0 Å². The number of alkyl halides is 3. The summed E-state index contributed by atoms with van der Waals surface area (Å²) in [6.45, 7) is 0.871. The maximum Gasteiger partial charge on any atom is 0.392 e. The molecule has 172 valence electrons. The Morgan fingerprint density at radius 1 is 1.22 bits per heavy atom. The van der Waals surface area contributed by atoms with Gasteiger partial charge < -0.3 is 10.4 Å². The molecule has 1 fully saturated rings. The van der Waals surface area contributed by atoms with Crippen LogP contribution in [0.15, 0.2) is 30.6 Å². The van der Waals surface area contributed by atoms with Crippen LogP contribution in [-0.4, -0.2) is 33.1 Å². The van der Waals surface area contributed by atoms with Crippen LogP contribution in [0.4, 0.5) is 18.9 Å². The summed E-state index contributed by atoms with van der Waals surface area (Å²) in [5.74, 6) is -6.17. The van der Waals surface area contributed by atoms with Gasteiger partial charge in [-0.3, -0.25) is 9.59 Å². The number of anilines is 1. The largest absolute Gasteiger partial charge is 0.481 e. The molecule has 0 spiro atoms. The van der Waals surface area contributed by atoms with Crippen LogP contribution in [-0.2, 0) is 9.59 Å². The summed E-state index contributed by atoms with van der Waals surface area (Å²) >= 11 is 11.9. The van der Waals surface area contributed by atoms with E-state index in [4.69, 9.17) is 23.2 Å². The van der Waals surface area contributed by atoms with Gasteiger partial charge in [0, 0.05) is 12.4 Å². The molecule has 3 atom stereocenters. The molecule has 1 heterocycles. The minimum absolute atomic E-state index is 0.0912. The molecule has 2 aromatic rings. The lowest BCUT2D eigenvalue weighted by Crippen LogP contribution is -2.35. The molecule has 1 saturated carbocycles. The van der Waals surface area contributed by atoms with Crippen molar-refractivity contribution >= 4 is 40.8 Å². The lowest BCUT2D eigenvalue weighted by Gasteiger charge is -2.24. The Hall–Kier alpha value is -2.39. The standard InChI is InChI=1S/C21H20Cl2F3N3O3/c1-10(21(24,25)26)18(19-27-8-13(22)9-28-19)20(32)29-16-6-12(4-5-15(16)23)14(7-17(30)31)11-2-3-11/h4-6,8-11,14,18H,2-3,7H2,1H3,(H,29,32)(H,30,31). The molecule has 1 aliphatic carbocycles. The van der Waals surface area contributed by atoms with Crippen LogP contribution >= 0.6 is 23.2 Å². The number of carboxylic acids is 1. The molecule has 11 heteroatoms. The van der Waals surface area contributed by atoms with Crippen molar-refractivity contribution in [2.45, 2.75) is 44.2 Å². The number of amides is 1. The lowest BCUT2D eigenvalue weighted by molar-refractivity contribution is -0.178. The number of aliphatic carboxylic acids is 1. The molecule has 3 rings (SSSR count). The average Bonchev–Trinajstić information content (AvgIpc) is 3.54. The van der Waals surface area contributed by atoms with E-state index in [1.54, 1.807) is 6.07 Å².